The van der Waals surface area contributed by atoms with Crippen LogP contribution in [0.25, 0.3) is 0 Å². The molecule has 1 N–H and O–H groups in total. The van der Waals surface area contributed by atoms with E-state index in [0.717, 1.165) is 0 Å². The SMILES string of the molecule is CCOC(=O)[C@@H]1C(=O)NC(N2CCN(C(=O)c3ccco3)CC2)=N[C@H]1c1ccc(OC)cc1OC. The van der Waals surface area contributed by atoms with Gasteiger partial charge in [-0.2, -0.15) is 0 Å². The molecule has 0 aliphatic carbocycles. The Bertz CT molecular complexity index is 1110. The van der Waals surface area contributed by atoms with E-state index in [2.05, 4.69) is 5.32 Å². The first-order chi connectivity index (χ1) is 17.0. The van der Waals surface area contributed by atoms with Gasteiger partial charge in [0.15, 0.2) is 11.7 Å². The molecule has 0 radical (unpaired) electrons. The number of methoxy groups -OCH3 is 2. The van der Waals surface area contributed by atoms with Crippen molar-refractivity contribution >= 4 is 23.7 Å². The number of guanidine groups is 1. The summed E-state index contributed by atoms with van der Waals surface area (Å²) in [7, 11) is 3.04. The molecule has 4 rings (SSSR count). The highest BCUT2D eigenvalue weighted by atomic mass is 16.5. The number of carbonyl (C=O) groups is 3. The van der Waals surface area contributed by atoms with E-state index < -0.39 is 23.8 Å². The lowest BCUT2D eigenvalue weighted by molar-refractivity contribution is -0.153. The molecule has 0 unspecified atom stereocenters. The van der Waals surface area contributed by atoms with Crippen molar-refractivity contribution in [3.63, 3.8) is 0 Å². The van der Waals surface area contributed by atoms with Gasteiger partial charge in [-0.1, -0.05) is 0 Å². The van der Waals surface area contributed by atoms with Crippen LogP contribution in [0.1, 0.15) is 29.1 Å². The fourth-order valence-corrected chi connectivity index (χ4v) is 4.19. The van der Waals surface area contributed by atoms with Crippen molar-refractivity contribution in [2.75, 3.05) is 47.0 Å². The highest BCUT2D eigenvalue weighted by Crippen LogP contribution is 2.38. The number of ether oxygens (including phenoxy) is 3. The topological polar surface area (TPSA) is 123 Å². The lowest BCUT2D eigenvalue weighted by Gasteiger charge is -2.38. The normalized spacial score (nSPS) is 20.1. The highest BCUT2D eigenvalue weighted by molar-refractivity contribution is 6.08. The predicted octanol–water partition coefficient (Wildman–Crippen LogP) is 1.46. The van der Waals surface area contributed by atoms with Crippen LogP contribution in [0.2, 0.25) is 0 Å². The van der Waals surface area contributed by atoms with Gasteiger partial charge in [0.1, 0.15) is 17.5 Å². The Kier molecular flexibility index (Phi) is 7.23. The molecular formula is C24H28N4O7. The maximum atomic E-state index is 13.1. The smallest absolute Gasteiger partial charge is 0.321 e. The first-order valence-corrected chi connectivity index (χ1v) is 11.3. The third-order valence-electron chi connectivity index (χ3n) is 5.99. The lowest BCUT2D eigenvalue weighted by atomic mass is 9.90. The second-order valence-electron chi connectivity index (χ2n) is 7.98. The summed E-state index contributed by atoms with van der Waals surface area (Å²) >= 11 is 0. The zero-order valence-electron chi connectivity index (χ0n) is 19.9. The average molecular weight is 485 g/mol. The molecule has 1 aromatic carbocycles. The van der Waals surface area contributed by atoms with E-state index in [-0.39, 0.29) is 18.3 Å². The predicted molar refractivity (Wildman–Crippen MR) is 124 cm³/mol. The lowest BCUT2D eigenvalue weighted by Crippen LogP contribution is -2.58. The van der Waals surface area contributed by atoms with Crippen molar-refractivity contribution in [2.45, 2.75) is 13.0 Å². The third kappa shape index (κ3) is 4.93. The van der Waals surface area contributed by atoms with Gasteiger partial charge in [0, 0.05) is 37.8 Å². The first-order valence-electron chi connectivity index (χ1n) is 11.3. The van der Waals surface area contributed by atoms with Crippen LogP contribution in [0.4, 0.5) is 0 Å². The van der Waals surface area contributed by atoms with Gasteiger partial charge < -0.3 is 28.4 Å². The van der Waals surface area contributed by atoms with Gasteiger partial charge >= 0.3 is 5.97 Å². The van der Waals surface area contributed by atoms with Crippen molar-refractivity contribution in [1.29, 1.82) is 0 Å². The maximum absolute atomic E-state index is 13.1. The van der Waals surface area contributed by atoms with Crippen LogP contribution < -0.4 is 14.8 Å². The number of carbonyl (C=O) groups excluding carboxylic acids is 3. The van der Waals surface area contributed by atoms with E-state index >= 15 is 0 Å². The molecule has 1 saturated heterocycles. The summed E-state index contributed by atoms with van der Waals surface area (Å²) in [5.41, 5.74) is 0.560. The number of amides is 2. The van der Waals surface area contributed by atoms with Gasteiger partial charge in [0.05, 0.1) is 27.1 Å². The van der Waals surface area contributed by atoms with E-state index in [9.17, 15) is 14.4 Å². The largest absolute Gasteiger partial charge is 0.497 e. The first kappa shape index (κ1) is 24.1. The number of hydrogen-bond donors (Lipinski definition) is 1. The van der Waals surface area contributed by atoms with Crippen LogP contribution in [0.15, 0.2) is 46.0 Å². The number of nitrogens with one attached hydrogen (secondary N) is 1. The number of rotatable bonds is 6. The molecule has 3 heterocycles. The summed E-state index contributed by atoms with van der Waals surface area (Å²) in [6.07, 6.45) is 1.46. The number of benzene rings is 1. The average Bonchev–Trinajstić information content (AvgIpc) is 3.42. The van der Waals surface area contributed by atoms with Crippen molar-refractivity contribution < 1.29 is 33.0 Å². The molecule has 11 nitrogen and oxygen atoms in total. The summed E-state index contributed by atoms with van der Waals surface area (Å²) in [6, 6.07) is 7.57. The molecular weight excluding hydrogens is 456 g/mol. The van der Waals surface area contributed by atoms with Gasteiger partial charge in [0.25, 0.3) is 5.91 Å². The molecule has 186 valence electrons. The van der Waals surface area contributed by atoms with Crippen LogP contribution in [-0.2, 0) is 14.3 Å². The fourth-order valence-electron chi connectivity index (χ4n) is 4.19. The third-order valence-corrected chi connectivity index (χ3v) is 5.99. The van der Waals surface area contributed by atoms with Gasteiger partial charge in [-0.05, 0) is 31.2 Å². The number of nitrogens with zero attached hydrogens (tertiary/aromatic N) is 3. The quantitative estimate of drug-likeness (QED) is 0.483. The number of furan rings is 1. The Labute approximate surface area is 202 Å². The van der Waals surface area contributed by atoms with Crippen molar-refractivity contribution in [1.82, 2.24) is 15.1 Å². The molecule has 2 aromatic rings. The molecule has 1 fully saturated rings. The second kappa shape index (κ2) is 10.5. The van der Waals surface area contributed by atoms with Gasteiger partial charge in [0.2, 0.25) is 11.9 Å². The van der Waals surface area contributed by atoms with Crippen LogP contribution in [0, 0.1) is 5.92 Å². The molecule has 0 saturated carbocycles. The zero-order chi connectivity index (χ0) is 24.9. The number of hydrogen-bond acceptors (Lipinski definition) is 9. The van der Waals surface area contributed by atoms with Crippen molar-refractivity contribution in [3.05, 3.63) is 47.9 Å². The molecule has 0 bridgehead atoms. The van der Waals surface area contributed by atoms with Crippen LogP contribution in [-0.4, -0.2) is 80.5 Å². The van der Waals surface area contributed by atoms with Crippen LogP contribution in [0.3, 0.4) is 0 Å². The van der Waals surface area contributed by atoms with Crippen LogP contribution >= 0.6 is 0 Å². The monoisotopic (exact) mass is 484 g/mol. The van der Waals surface area contributed by atoms with Crippen molar-refractivity contribution in [2.24, 2.45) is 10.9 Å². The molecule has 0 spiro atoms. The Hall–Kier alpha value is -4.02. The number of esters is 1. The molecule has 2 aliphatic rings. The fraction of sp³-hybridized carbons (Fsp3) is 0.417. The second-order valence-corrected chi connectivity index (χ2v) is 7.98. The molecule has 11 heteroatoms. The minimum atomic E-state index is -1.18. The van der Waals surface area contributed by atoms with Gasteiger partial charge in [-0.15, -0.1) is 0 Å². The number of piperazine rings is 1. The summed E-state index contributed by atoms with van der Waals surface area (Å²) in [4.78, 5) is 46.8. The highest BCUT2D eigenvalue weighted by Gasteiger charge is 2.43. The summed E-state index contributed by atoms with van der Waals surface area (Å²) < 4.78 is 21.2. The summed E-state index contributed by atoms with van der Waals surface area (Å²) in [5, 5.41) is 2.76. The van der Waals surface area contributed by atoms with E-state index in [0.29, 0.717) is 49.2 Å². The standard InChI is InChI=1S/C24H28N4O7/c1-4-34-23(31)19-20(16-8-7-15(32-2)14-18(16)33-3)25-24(26-21(19)29)28-11-9-27(10-12-28)22(30)17-6-5-13-35-17/h5-8,13-14,19-20H,4,9-12H2,1-3H3,(H,25,26,29)/t19-,20-/m0/s1. The molecule has 35 heavy (non-hydrogen) atoms. The molecule has 2 atom stereocenters. The minimum absolute atomic E-state index is 0.136. The molecule has 2 aliphatic heterocycles. The van der Waals surface area contributed by atoms with E-state index in [4.69, 9.17) is 23.6 Å². The van der Waals surface area contributed by atoms with Gasteiger partial charge in [-0.25, -0.2) is 4.99 Å². The molecule has 2 amide bonds. The van der Waals surface area contributed by atoms with Gasteiger partial charge in [-0.3, -0.25) is 19.7 Å². The van der Waals surface area contributed by atoms with E-state index in [1.165, 1.54) is 20.5 Å². The van der Waals surface area contributed by atoms with E-state index in [1.807, 2.05) is 4.90 Å². The Morgan fingerprint density at radius 1 is 1.14 bits per heavy atom. The summed E-state index contributed by atoms with van der Waals surface area (Å²) in [6.45, 7) is 3.56. The maximum Gasteiger partial charge on any atom is 0.321 e. The Morgan fingerprint density at radius 3 is 2.54 bits per heavy atom. The van der Waals surface area contributed by atoms with E-state index in [1.54, 1.807) is 42.2 Å². The zero-order valence-corrected chi connectivity index (χ0v) is 19.9. The van der Waals surface area contributed by atoms with Crippen molar-refractivity contribution in [3.8, 4) is 11.5 Å². The summed E-state index contributed by atoms with van der Waals surface area (Å²) in [5.74, 6) is -0.908. The van der Waals surface area contributed by atoms with Crippen LogP contribution in [0.5, 0.6) is 11.5 Å². The minimum Gasteiger partial charge on any atom is -0.497 e. The number of aliphatic imine (C=N–C) groups is 1. The Morgan fingerprint density at radius 2 is 1.91 bits per heavy atom. The Balaban J connectivity index is 1.60. The molecule has 1 aromatic heterocycles.